The summed E-state index contributed by atoms with van der Waals surface area (Å²) < 4.78 is 11.8. The molecule has 4 rings (SSSR count). The molecule has 0 saturated carbocycles. The average molecular weight is 470 g/mol. The van der Waals surface area contributed by atoms with E-state index in [0.717, 1.165) is 15.4 Å². The number of hydrogen-bond donors (Lipinski definition) is 1. The number of carbonyl (C=O) groups excluding carboxylic acids is 2. The smallest absolute Gasteiger partial charge is 0.341 e. The van der Waals surface area contributed by atoms with E-state index in [1.807, 2.05) is 47.8 Å². The van der Waals surface area contributed by atoms with Crippen LogP contribution in [-0.4, -0.2) is 18.5 Å². The number of para-hydroxylation sites is 1. The summed E-state index contributed by atoms with van der Waals surface area (Å²) in [6.45, 7) is 1.99. The van der Waals surface area contributed by atoms with Gasteiger partial charge in [-0.15, -0.1) is 11.3 Å². The lowest BCUT2D eigenvalue weighted by atomic mass is 10.0. The number of carbonyl (C=O) groups is 2. The van der Waals surface area contributed by atoms with E-state index in [9.17, 15) is 9.59 Å². The Labute approximate surface area is 179 Å². The van der Waals surface area contributed by atoms with Crippen molar-refractivity contribution in [1.82, 2.24) is 0 Å². The van der Waals surface area contributed by atoms with Crippen molar-refractivity contribution in [2.45, 2.75) is 6.92 Å². The van der Waals surface area contributed by atoms with Gasteiger partial charge in [0.2, 0.25) is 0 Å². The maximum absolute atomic E-state index is 12.8. The van der Waals surface area contributed by atoms with E-state index in [2.05, 4.69) is 21.2 Å². The standard InChI is InChI=1S/C22H16BrNO4S/c1-2-27-22(26)19-16(13-7-9-15(23)10-8-13)12-29-21(19)24-20(25)18-11-14-5-3-4-6-17(14)28-18/h3-12H,2H2,1H3,(H,24,25). The molecule has 146 valence electrons. The van der Waals surface area contributed by atoms with E-state index >= 15 is 0 Å². The zero-order valence-corrected chi connectivity index (χ0v) is 17.8. The Balaban J connectivity index is 1.69. The van der Waals surface area contributed by atoms with Gasteiger partial charge in [0.25, 0.3) is 5.91 Å². The predicted molar refractivity (Wildman–Crippen MR) is 118 cm³/mol. The van der Waals surface area contributed by atoms with Gasteiger partial charge in [-0.05, 0) is 36.8 Å². The molecule has 4 aromatic rings. The second-order valence-corrected chi connectivity index (χ2v) is 7.98. The van der Waals surface area contributed by atoms with Crippen LogP contribution < -0.4 is 5.32 Å². The zero-order chi connectivity index (χ0) is 20.4. The molecule has 0 saturated heterocycles. The lowest BCUT2D eigenvalue weighted by molar-refractivity contribution is 0.0529. The predicted octanol–water partition coefficient (Wildman–Crippen LogP) is 6.35. The average Bonchev–Trinajstić information content (AvgIpc) is 3.33. The highest BCUT2D eigenvalue weighted by molar-refractivity contribution is 9.10. The maximum atomic E-state index is 12.8. The summed E-state index contributed by atoms with van der Waals surface area (Å²) in [5.41, 5.74) is 2.53. The van der Waals surface area contributed by atoms with E-state index in [-0.39, 0.29) is 12.4 Å². The van der Waals surface area contributed by atoms with Crippen LogP contribution in [0.3, 0.4) is 0 Å². The number of esters is 1. The van der Waals surface area contributed by atoms with Crippen molar-refractivity contribution in [3.05, 3.63) is 75.8 Å². The van der Waals surface area contributed by atoms with Crippen molar-refractivity contribution in [3.63, 3.8) is 0 Å². The highest BCUT2D eigenvalue weighted by Gasteiger charge is 2.24. The quantitative estimate of drug-likeness (QED) is 0.345. The number of rotatable bonds is 5. The van der Waals surface area contributed by atoms with Crippen LogP contribution >= 0.6 is 27.3 Å². The summed E-state index contributed by atoms with van der Waals surface area (Å²) in [7, 11) is 0. The minimum Gasteiger partial charge on any atom is -0.462 e. The fraction of sp³-hybridized carbons (Fsp3) is 0.0909. The summed E-state index contributed by atoms with van der Waals surface area (Å²) in [6.07, 6.45) is 0. The molecule has 0 aliphatic rings. The van der Waals surface area contributed by atoms with Gasteiger partial charge in [-0.2, -0.15) is 0 Å². The molecule has 1 amide bonds. The first-order valence-electron chi connectivity index (χ1n) is 8.91. The van der Waals surface area contributed by atoms with Crippen molar-refractivity contribution in [3.8, 4) is 11.1 Å². The third kappa shape index (κ3) is 3.97. The molecule has 29 heavy (non-hydrogen) atoms. The first-order chi connectivity index (χ1) is 14.1. The van der Waals surface area contributed by atoms with Crippen molar-refractivity contribution < 1.29 is 18.7 Å². The molecule has 0 bridgehead atoms. The normalized spacial score (nSPS) is 10.8. The Morgan fingerprint density at radius 1 is 1.14 bits per heavy atom. The summed E-state index contributed by atoms with van der Waals surface area (Å²) in [5.74, 6) is -0.720. The summed E-state index contributed by atoms with van der Waals surface area (Å²) >= 11 is 4.69. The second-order valence-electron chi connectivity index (χ2n) is 6.18. The Morgan fingerprint density at radius 2 is 1.90 bits per heavy atom. The molecule has 2 heterocycles. The van der Waals surface area contributed by atoms with Gasteiger partial charge in [-0.25, -0.2) is 4.79 Å². The Hall–Kier alpha value is -2.90. The van der Waals surface area contributed by atoms with E-state index in [1.54, 1.807) is 19.1 Å². The Morgan fingerprint density at radius 3 is 2.62 bits per heavy atom. The number of fused-ring (bicyclic) bond motifs is 1. The maximum Gasteiger partial charge on any atom is 0.341 e. The van der Waals surface area contributed by atoms with E-state index < -0.39 is 11.9 Å². The first-order valence-corrected chi connectivity index (χ1v) is 10.6. The highest BCUT2D eigenvalue weighted by Crippen LogP contribution is 2.37. The molecule has 1 N–H and O–H groups in total. The molecule has 5 nitrogen and oxygen atoms in total. The third-order valence-corrected chi connectivity index (χ3v) is 5.73. The molecule has 0 fully saturated rings. The molecule has 7 heteroatoms. The lowest BCUT2D eigenvalue weighted by Gasteiger charge is -2.08. The number of halogens is 1. The molecular weight excluding hydrogens is 454 g/mol. The van der Waals surface area contributed by atoms with E-state index in [1.165, 1.54) is 11.3 Å². The van der Waals surface area contributed by atoms with Gasteiger partial charge in [0.05, 0.1) is 6.61 Å². The molecular formula is C22H16BrNO4S. The molecule has 0 radical (unpaired) electrons. The number of benzene rings is 2. The van der Waals surface area contributed by atoms with Crippen LogP contribution in [-0.2, 0) is 4.74 Å². The van der Waals surface area contributed by atoms with Crippen LogP contribution in [0.25, 0.3) is 22.1 Å². The summed E-state index contributed by atoms with van der Waals surface area (Å²) in [6, 6.07) is 16.7. The number of hydrogen-bond acceptors (Lipinski definition) is 5. The SMILES string of the molecule is CCOC(=O)c1c(-c2ccc(Br)cc2)csc1NC(=O)c1cc2ccccc2o1. The van der Waals surface area contributed by atoms with Crippen LogP contribution in [0.15, 0.2) is 68.9 Å². The van der Waals surface area contributed by atoms with Crippen LogP contribution in [0.2, 0.25) is 0 Å². The molecule has 0 atom stereocenters. The molecule has 0 unspecified atom stereocenters. The monoisotopic (exact) mass is 469 g/mol. The van der Waals surface area contributed by atoms with Crippen LogP contribution in [0, 0.1) is 0 Å². The summed E-state index contributed by atoms with van der Waals surface area (Å²) in [4.78, 5) is 25.4. The Bertz CT molecular complexity index is 1160. The van der Waals surface area contributed by atoms with Crippen molar-refractivity contribution in [1.29, 1.82) is 0 Å². The number of anilines is 1. The number of nitrogens with one attached hydrogen (secondary N) is 1. The van der Waals surface area contributed by atoms with Crippen molar-refractivity contribution >= 4 is 55.1 Å². The molecule has 0 aliphatic carbocycles. The largest absolute Gasteiger partial charge is 0.462 e. The van der Waals surface area contributed by atoms with Gasteiger partial charge in [0, 0.05) is 20.8 Å². The van der Waals surface area contributed by atoms with Gasteiger partial charge >= 0.3 is 5.97 Å². The van der Waals surface area contributed by atoms with Gasteiger partial charge in [-0.1, -0.05) is 46.3 Å². The number of amides is 1. The minimum atomic E-state index is -0.480. The number of furan rings is 1. The lowest BCUT2D eigenvalue weighted by Crippen LogP contribution is -2.14. The molecule has 2 aromatic carbocycles. The second kappa shape index (κ2) is 8.23. The summed E-state index contributed by atoms with van der Waals surface area (Å²) in [5, 5.41) is 5.90. The van der Waals surface area contributed by atoms with Crippen LogP contribution in [0.1, 0.15) is 27.8 Å². The van der Waals surface area contributed by atoms with E-state index in [4.69, 9.17) is 9.15 Å². The molecule has 0 spiro atoms. The van der Waals surface area contributed by atoms with Crippen molar-refractivity contribution in [2.75, 3.05) is 11.9 Å². The van der Waals surface area contributed by atoms with E-state index in [0.29, 0.717) is 21.7 Å². The fourth-order valence-electron chi connectivity index (χ4n) is 2.96. The highest BCUT2D eigenvalue weighted by atomic mass is 79.9. The van der Waals surface area contributed by atoms with Gasteiger partial charge in [0.15, 0.2) is 5.76 Å². The van der Waals surface area contributed by atoms with Gasteiger partial charge in [-0.3, -0.25) is 4.79 Å². The third-order valence-electron chi connectivity index (χ3n) is 4.30. The fourth-order valence-corrected chi connectivity index (χ4v) is 4.17. The van der Waals surface area contributed by atoms with Gasteiger partial charge < -0.3 is 14.5 Å². The first kappa shape index (κ1) is 19.4. The minimum absolute atomic E-state index is 0.180. The molecule has 2 aromatic heterocycles. The van der Waals surface area contributed by atoms with Crippen molar-refractivity contribution in [2.24, 2.45) is 0 Å². The van der Waals surface area contributed by atoms with Crippen LogP contribution in [0.4, 0.5) is 5.00 Å². The number of ether oxygens (including phenoxy) is 1. The topological polar surface area (TPSA) is 68.5 Å². The molecule has 0 aliphatic heterocycles. The Kier molecular flexibility index (Phi) is 5.51. The number of thiophene rings is 1. The van der Waals surface area contributed by atoms with Crippen LogP contribution in [0.5, 0.6) is 0 Å². The van der Waals surface area contributed by atoms with Gasteiger partial charge in [0.1, 0.15) is 16.1 Å². The zero-order valence-electron chi connectivity index (χ0n) is 15.4.